The molecule has 7 nitrogen and oxygen atoms in total. The molecule has 0 saturated carbocycles. The molecule has 9 heteroatoms. The third kappa shape index (κ3) is 9.23. The average molecular weight is 549 g/mol. The van der Waals surface area contributed by atoms with Crippen molar-refractivity contribution in [3.05, 3.63) is 52.8 Å². The normalized spacial score (nSPS) is 10.8. The van der Waals surface area contributed by atoms with E-state index in [9.17, 15) is 4.79 Å². The predicted molar refractivity (Wildman–Crippen MR) is 123 cm³/mol. The Hall–Kier alpha value is -1.62. The molecule has 1 aromatic heterocycles. The Morgan fingerprint density at radius 1 is 1.15 bits per heavy atom. The number of carbonyl (C=O) groups is 1. The van der Waals surface area contributed by atoms with Gasteiger partial charge < -0.3 is 16.0 Å². The number of halogens is 2. The number of aliphatic imine (C=N–C) groups is 1. The number of carbonyl (C=O) groups excluding carboxylic acids is 1. The van der Waals surface area contributed by atoms with Gasteiger partial charge in [0.2, 0.25) is 0 Å². The van der Waals surface area contributed by atoms with Crippen LogP contribution >= 0.6 is 39.9 Å². The third-order valence-corrected chi connectivity index (χ3v) is 4.15. The number of nitrogens with one attached hydrogen (secondary N) is 3. The van der Waals surface area contributed by atoms with Crippen LogP contribution in [-0.4, -0.2) is 48.3 Å². The highest BCUT2D eigenvalue weighted by Crippen LogP contribution is 2.11. The molecule has 1 amide bonds. The molecular formula is C18H26BrIN6O. The van der Waals surface area contributed by atoms with E-state index in [1.807, 2.05) is 35.1 Å². The summed E-state index contributed by atoms with van der Waals surface area (Å²) in [7, 11) is 1.75. The van der Waals surface area contributed by atoms with E-state index in [0.29, 0.717) is 12.1 Å². The van der Waals surface area contributed by atoms with Gasteiger partial charge in [-0.05, 0) is 37.1 Å². The highest BCUT2D eigenvalue weighted by molar-refractivity contribution is 14.0. The monoisotopic (exact) mass is 548 g/mol. The highest BCUT2D eigenvalue weighted by atomic mass is 127. The summed E-state index contributed by atoms with van der Waals surface area (Å²) >= 11 is 3.37. The lowest BCUT2D eigenvalue weighted by Gasteiger charge is -2.12. The lowest BCUT2D eigenvalue weighted by atomic mass is 10.2. The molecule has 0 bridgehead atoms. The molecule has 148 valence electrons. The van der Waals surface area contributed by atoms with Gasteiger partial charge >= 0.3 is 0 Å². The van der Waals surface area contributed by atoms with Crippen molar-refractivity contribution in [2.45, 2.75) is 19.4 Å². The second-order valence-electron chi connectivity index (χ2n) is 5.67. The average Bonchev–Trinajstić information content (AvgIpc) is 3.16. The van der Waals surface area contributed by atoms with Crippen molar-refractivity contribution in [2.75, 3.05) is 26.7 Å². The van der Waals surface area contributed by atoms with Crippen LogP contribution in [0, 0.1) is 0 Å². The zero-order chi connectivity index (χ0) is 18.6. The Morgan fingerprint density at radius 3 is 2.56 bits per heavy atom. The zero-order valence-electron chi connectivity index (χ0n) is 15.3. The van der Waals surface area contributed by atoms with Gasteiger partial charge in [0.1, 0.15) is 0 Å². The smallest absolute Gasteiger partial charge is 0.251 e. The Labute approximate surface area is 185 Å². The van der Waals surface area contributed by atoms with Crippen LogP contribution < -0.4 is 16.0 Å². The molecule has 2 aromatic rings. The van der Waals surface area contributed by atoms with E-state index < -0.39 is 0 Å². The number of hydrogen-bond acceptors (Lipinski definition) is 3. The summed E-state index contributed by atoms with van der Waals surface area (Å²) in [6, 6.07) is 9.27. The minimum absolute atomic E-state index is 0. The number of benzene rings is 1. The fraction of sp³-hybridized carbons (Fsp3) is 0.389. The maximum absolute atomic E-state index is 12.0. The SMILES string of the molecule is CN=C(NCCCNC(=O)c1cccc(Br)c1)NCCCn1cccn1.I. The summed E-state index contributed by atoms with van der Waals surface area (Å²) in [5, 5.41) is 13.6. The summed E-state index contributed by atoms with van der Waals surface area (Å²) in [6.45, 7) is 3.03. The standard InChI is InChI=1S/C18H25BrN6O.HI/c1-20-18(23-10-4-12-25-13-5-11-24-25)22-9-3-8-21-17(26)15-6-2-7-16(19)14-15;/h2,5-7,11,13-14H,3-4,8-10,12H2,1H3,(H,21,26)(H2,20,22,23);1H. The molecule has 2 rings (SSSR count). The first-order valence-corrected chi connectivity index (χ1v) is 9.44. The third-order valence-electron chi connectivity index (χ3n) is 3.66. The molecule has 0 radical (unpaired) electrons. The molecule has 0 atom stereocenters. The van der Waals surface area contributed by atoms with E-state index in [1.165, 1.54) is 0 Å². The quantitative estimate of drug-likeness (QED) is 0.195. The summed E-state index contributed by atoms with van der Waals surface area (Å²) in [6.07, 6.45) is 5.51. The fourth-order valence-corrected chi connectivity index (χ4v) is 2.73. The molecule has 3 N–H and O–H groups in total. The maximum atomic E-state index is 12.0. The van der Waals surface area contributed by atoms with E-state index in [2.05, 4.69) is 42.0 Å². The van der Waals surface area contributed by atoms with Gasteiger partial charge in [-0.2, -0.15) is 5.10 Å². The number of aryl methyl sites for hydroxylation is 1. The number of guanidine groups is 1. The molecule has 0 unspecified atom stereocenters. The van der Waals surface area contributed by atoms with Crippen LogP contribution in [0.1, 0.15) is 23.2 Å². The van der Waals surface area contributed by atoms with Crippen LogP contribution in [0.25, 0.3) is 0 Å². The van der Waals surface area contributed by atoms with Crippen LogP contribution in [0.3, 0.4) is 0 Å². The first-order chi connectivity index (χ1) is 12.7. The Kier molecular flexibility index (Phi) is 11.7. The summed E-state index contributed by atoms with van der Waals surface area (Å²) < 4.78 is 2.81. The fourth-order valence-electron chi connectivity index (χ4n) is 2.33. The van der Waals surface area contributed by atoms with E-state index >= 15 is 0 Å². The number of amides is 1. The molecule has 1 aromatic carbocycles. The molecule has 0 aliphatic carbocycles. The maximum Gasteiger partial charge on any atom is 0.251 e. The molecule has 0 aliphatic heterocycles. The lowest BCUT2D eigenvalue weighted by Crippen LogP contribution is -2.39. The summed E-state index contributed by atoms with van der Waals surface area (Å²) in [5.74, 6) is 0.705. The van der Waals surface area contributed by atoms with Crippen LogP contribution in [0.15, 0.2) is 52.2 Å². The van der Waals surface area contributed by atoms with Crippen molar-refractivity contribution >= 4 is 51.8 Å². The van der Waals surface area contributed by atoms with Crippen molar-refractivity contribution in [2.24, 2.45) is 4.99 Å². The van der Waals surface area contributed by atoms with Gasteiger partial charge in [0.05, 0.1) is 0 Å². The highest BCUT2D eigenvalue weighted by Gasteiger charge is 2.04. The Bertz CT molecular complexity index is 708. The van der Waals surface area contributed by atoms with E-state index in [0.717, 1.165) is 42.9 Å². The van der Waals surface area contributed by atoms with E-state index in [-0.39, 0.29) is 29.9 Å². The van der Waals surface area contributed by atoms with Gasteiger partial charge in [0.25, 0.3) is 5.91 Å². The van der Waals surface area contributed by atoms with Gasteiger partial charge in [-0.1, -0.05) is 22.0 Å². The second kappa shape index (κ2) is 13.5. The molecular weight excluding hydrogens is 523 g/mol. The first-order valence-electron chi connectivity index (χ1n) is 8.65. The van der Waals surface area contributed by atoms with Gasteiger partial charge in [-0.25, -0.2) is 0 Å². The van der Waals surface area contributed by atoms with Crippen molar-refractivity contribution in [3.63, 3.8) is 0 Å². The second-order valence-corrected chi connectivity index (χ2v) is 6.58. The van der Waals surface area contributed by atoms with Crippen molar-refractivity contribution in [3.8, 4) is 0 Å². The summed E-state index contributed by atoms with van der Waals surface area (Å²) in [4.78, 5) is 16.2. The van der Waals surface area contributed by atoms with Gasteiger partial charge in [0, 0.05) is 55.7 Å². The molecule has 1 heterocycles. The topological polar surface area (TPSA) is 83.3 Å². The van der Waals surface area contributed by atoms with Gasteiger partial charge in [0.15, 0.2) is 5.96 Å². The number of nitrogens with zero attached hydrogens (tertiary/aromatic N) is 3. The van der Waals surface area contributed by atoms with Crippen molar-refractivity contribution in [1.82, 2.24) is 25.7 Å². The van der Waals surface area contributed by atoms with Crippen molar-refractivity contribution in [1.29, 1.82) is 0 Å². The molecule has 27 heavy (non-hydrogen) atoms. The molecule has 0 saturated heterocycles. The zero-order valence-corrected chi connectivity index (χ0v) is 19.2. The van der Waals surface area contributed by atoms with Crippen LogP contribution in [-0.2, 0) is 6.54 Å². The molecule has 0 fully saturated rings. The van der Waals surface area contributed by atoms with Gasteiger partial charge in [-0.15, -0.1) is 24.0 Å². The minimum atomic E-state index is -0.0626. The van der Waals surface area contributed by atoms with E-state index in [1.54, 1.807) is 19.3 Å². The number of aromatic nitrogens is 2. The summed E-state index contributed by atoms with van der Waals surface area (Å²) in [5.41, 5.74) is 0.655. The minimum Gasteiger partial charge on any atom is -0.356 e. The van der Waals surface area contributed by atoms with Crippen LogP contribution in [0.2, 0.25) is 0 Å². The van der Waals surface area contributed by atoms with Crippen LogP contribution in [0.5, 0.6) is 0 Å². The van der Waals surface area contributed by atoms with Crippen LogP contribution in [0.4, 0.5) is 0 Å². The Morgan fingerprint density at radius 2 is 1.89 bits per heavy atom. The lowest BCUT2D eigenvalue weighted by molar-refractivity contribution is 0.0953. The van der Waals surface area contributed by atoms with E-state index in [4.69, 9.17) is 0 Å². The predicted octanol–water partition coefficient (Wildman–Crippen LogP) is 2.64. The van der Waals surface area contributed by atoms with Gasteiger partial charge in [-0.3, -0.25) is 14.5 Å². The molecule has 0 aliphatic rings. The number of hydrogen-bond donors (Lipinski definition) is 3. The number of rotatable bonds is 9. The largest absolute Gasteiger partial charge is 0.356 e. The Balaban J connectivity index is 0.00000364. The first kappa shape index (κ1) is 23.4. The molecule has 0 spiro atoms. The van der Waals surface area contributed by atoms with Crippen molar-refractivity contribution < 1.29 is 4.79 Å².